The third-order valence-electron chi connectivity index (χ3n) is 4.21. The van der Waals surface area contributed by atoms with Gasteiger partial charge in [0.2, 0.25) is 0 Å². The molecule has 2 aliphatic rings. The van der Waals surface area contributed by atoms with Crippen LogP contribution in [0.3, 0.4) is 0 Å². The fourth-order valence-corrected chi connectivity index (χ4v) is 3.70. The fraction of sp³-hybridized carbons (Fsp3) is 0.786. The van der Waals surface area contributed by atoms with Crippen LogP contribution in [0.1, 0.15) is 24.5 Å². The van der Waals surface area contributed by atoms with Crippen molar-refractivity contribution in [2.24, 2.45) is 0 Å². The number of aryl methyl sites for hydroxylation is 1. The van der Waals surface area contributed by atoms with Gasteiger partial charge in [0, 0.05) is 37.6 Å². The van der Waals surface area contributed by atoms with Gasteiger partial charge in [0.05, 0.1) is 29.5 Å². The second kappa shape index (κ2) is 5.48. The lowest BCUT2D eigenvalue weighted by Crippen LogP contribution is -2.50. The Labute approximate surface area is 119 Å². The Morgan fingerprint density at radius 1 is 1.47 bits per heavy atom. The molecule has 0 saturated carbocycles. The highest BCUT2D eigenvalue weighted by atomic mass is 32.1. The second-order valence-electron chi connectivity index (χ2n) is 5.85. The molecule has 0 aliphatic carbocycles. The van der Waals surface area contributed by atoms with Crippen molar-refractivity contribution in [3.63, 3.8) is 0 Å². The van der Waals surface area contributed by atoms with Crippen LogP contribution in [0.25, 0.3) is 0 Å². The van der Waals surface area contributed by atoms with Crippen molar-refractivity contribution >= 4 is 11.3 Å². The van der Waals surface area contributed by atoms with Gasteiger partial charge in [0.1, 0.15) is 0 Å². The number of likely N-dealkylation sites (tertiary alicyclic amines) is 1. The second-order valence-corrected chi connectivity index (χ2v) is 6.91. The molecular weight excluding hydrogens is 258 g/mol. The number of morpholine rings is 1. The van der Waals surface area contributed by atoms with Crippen LogP contribution < -0.4 is 0 Å². The number of fused-ring (bicyclic) bond motifs is 1. The predicted octanol–water partition coefficient (Wildman–Crippen LogP) is 1.74. The van der Waals surface area contributed by atoms with Crippen molar-refractivity contribution in [2.45, 2.75) is 45.5 Å². The van der Waals surface area contributed by atoms with Gasteiger partial charge in [-0.25, -0.2) is 4.98 Å². The number of nitrogens with zero attached hydrogens (tertiary/aromatic N) is 3. The summed E-state index contributed by atoms with van der Waals surface area (Å²) in [6.45, 7) is 11.7. The molecular formula is C14H23N3OS. The van der Waals surface area contributed by atoms with Gasteiger partial charge >= 0.3 is 0 Å². The molecule has 0 aromatic carbocycles. The molecule has 1 aromatic rings. The Morgan fingerprint density at radius 3 is 3.00 bits per heavy atom. The summed E-state index contributed by atoms with van der Waals surface area (Å²) < 4.78 is 5.95. The molecule has 0 unspecified atom stereocenters. The maximum atomic E-state index is 5.95. The SMILES string of the molecule is Cc1nc(CN2CCO[C@H]3CN(C(C)C)C[C@H]32)cs1. The molecule has 2 atom stereocenters. The van der Waals surface area contributed by atoms with E-state index in [1.165, 1.54) is 5.69 Å². The van der Waals surface area contributed by atoms with Crippen LogP contribution in [-0.4, -0.2) is 59.2 Å². The van der Waals surface area contributed by atoms with Crippen molar-refractivity contribution in [1.29, 1.82) is 0 Å². The molecule has 3 rings (SSSR count). The normalized spacial score (nSPS) is 29.1. The molecule has 0 amide bonds. The monoisotopic (exact) mass is 281 g/mol. The first-order valence-electron chi connectivity index (χ1n) is 7.14. The minimum atomic E-state index is 0.385. The van der Waals surface area contributed by atoms with Gasteiger partial charge < -0.3 is 4.74 Å². The standard InChI is InChI=1S/C14H23N3OS/c1-10(2)17-7-13-14(8-17)18-5-4-16(13)6-12-9-19-11(3)15-12/h9-10,13-14H,4-8H2,1-3H3/t13-,14+/m1/s1. The molecule has 0 bridgehead atoms. The fourth-order valence-electron chi connectivity index (χ4n) is 3.09. The lowest BCUT2D eigenvalue weighted by atomic mass is 10.1. The third kappa shape index (κ3) is 2.84. The molecule has 0 radical (unpaired) electrons. The van der Waals surface area contributed by atoms with E-state index in [1.54, 1.807) is 11.3 Å². The van der Waals surface area contributed by atoms with Gasteiger partial charge in [-0.2, -0.15) is 0 Å². The lowest BCUT2D eigenvalue weighted by molar-refractivity contribution is -0.0508. The first-order chi connectivity index (χ1) is 9.13. The summed E-state index contributed by atoms with van der Waals surface area (Å²) in [6, 6.07) is 1.15. The van der Waals surface area contributed by atoms with Crippen LogP contribution in [-0.2, 0) is 11.3 Å². The summed E-state index contributed by atoms with van der Waals surface area (Å²) >= 11 is 1.74. The quantitative estimate of drug-likeness (QED) is 0.844. The molecule has 1 aromatic heterocycles. The van der Waals surface area contributed by atoms with Crippen molar-refractivity contribution in [2.75, 3.05) is 26.2 Å². The van der Waals surface area contributed by atoms with Gasteiger partial charge in [0.15, 0.2) is 0 Å². The van der Waals surface area contributed by atoms with Crippen molar-refractivity contribution in [1.82, 2.24) is 14.8 Å². The summed E-state index contributed by atoms with van der Waals surface area (Å²) in [6.07, 6.45) is 0.385. The number of thiazole rings is 1. The first kappa shape index (κ1) is 13.5. The minimum Gasteiger partial charge on any atom is -0.374 e. The highest BCUT2D eigenvalue weighted by Crippen LogP contribution is 2.25. The highest BCUT2D eigenvalue weighted by Gasteiger charge is 2.40. The van der Waals surface area contributed by atoms with Crippen molar-refractivity contribution in [3.8, 4) is 0 Å². The Bertz CT molecular complexity index is 434. The zero-order valence-electron chi connectivity index (χ0n) is 12.0. The Balaban J connectivity index is 1.68. The summed E-state index contributed by atoms with van der Waals surface area (Å²) in [5.41, 5.74) is 1.21. The van der Waals surface area contributed by atoms with E-state index in [2.05, 4.69) is 40.9 Å². The van der Waals surface area contributed by atoms with Crippen LogP contribution in [0.2, 0.25) is 0 Å². The molecule has 0 N–H and O–H groups in total. The van der Waals surface area contributed by atoms with Gasteiger partial charge in [-0.05, 0) is 20.8 Å². The maximum absolute atomic E-state index is 5.95. The van der Waals surface area contributed by atoms with E-state index >= 15 is 0 Å². The lowest BCUT2D eigenvalue weighted by Gasteiger charge is -2.36. The zero-order valence-corrected chi connectivity index (χ0v) is 12.8. The van der Waals surface area contributed by atoms with Gasteiger partial charge in [-0.3, -0.25) is 9.80 Å². The number of hydrogen-bond donors (Lipinski definition) is 0. The summed E-state index contributed by atoms with van der Waals surface area (Å²) in [5, 5.41) is 3.35. The van der Waals surface area contributed by atoms with E-state index < -0.39 is 0 Å². The largest absolute Gasteiger partial charge is 0.374 e. The van der Waals surface area contributed by atoms with E-state index in [4.69, 9.17) is 4.74 Å². The molecule has 3 heterocycles. The van der Waals surface area contributed by atoms with E-state index in [0.717, 1.165) is 37.8 Å². The zero-order chi connectivity index (χ0) is 13.4. The summed E-state index contributed by atoms with van der Waals surface area (Å²) in [5.74, 6) is 0. The average molecular weight is 281 g/mol. The smallest absolute Gasteiger partial charge is 0.0897 e. The Kier molecular flexibility index (Phi) is 3.89. The van der Waals surface area contributed by atoms with Gasteiger partial charge in [-0.15, -0.1) is 11.3 Å². The molecule has 2 aliphatic heterocycles. The predicted molar refractivity (Wildman–Crippen MR) is 77.5 cm³/mol. The molecule has 0 spiro atoms. The topological polar surface area (TPSA) is 28.6 Å². The van der Waals surface area contributed by atoms with Crippen LogP contribution in [0.15, 0.2) is 5.38 Å². The minimum absolute atomic E-state index is 0.385. The third-order valence-corrected chi connectivity index (χ3v) is 5.03. The Morgan fingerprint density at radius 2 is 2.32 bits per heavy atom. The molecule has 4 nitrogen and oxygen atoms in total. The van der Waals surface area contributed by atoms with Crippen molar-refractivity contribution < 1.29 is 4.74 Å². The van der Waals surface area contributed by atoms with E-state index in [9.17, 15) is 0 Å². The summed E-state index contributed by atoms with van der Waals surface area (Å²) in [4.78, 5) is 9.68. The molecule has 19 heavy (non-hydrogen) atoms. The summed E-state index contributed by atoms with van der Waals surface area (Å²) in [7, 11) is 0. The highest BCUT2D eigenvalue weighted by molar-refractivity contribution is 7.09. The van der Waals surface area contributed by atoms with E-state index in [0.29, 0.717) is 18.2 Å². The van der Waals surface area contributed by atoms with Gasteiger partial charge in [0.25, 0.3) is 0 Å². The number of aromatic nitrogens is 1. The number of hydrogen-bond acceptors (Lipinski definition) is 5. The average Bonchev–Trinajstić information content (AvgIpc) is 2.96. The number of ether oxygens (including phenoxy) is 1. The maximum Gasteiger partial charge on any atom is 0.0897 e. The van der Waals surface area contributed by atoms with E-state index in [1.807, 2.05) is 0 Å². The van der Waals surface area contributed by atoms with Crippen molar-refractivity contribution in [3.05, 3.63) is 16.1 Å². The molecule has 2 fully saturated rings. The Hall–Kier alpha value is -0.490. The molecule has 2 saturated heterocycles. The van der Waals surface area contributed by atoms with Crippen LogP contribution in [0.5, 0.6) is 0 Å². The first-order valence-corrected chi connectivity index (χ1v) is 8.02. The van der Waals surface area contributed by atoms with E-state index in [-0.39, 0.29) is 0 Å². The number of rotatable bonds is 3. The van der Waals surface area contributed by atoms with Crippen LogP contribution in [0.4, 0.5) is 0 Å². The molecule has 5 heteroatoms. The molecule has 106 valence electrons. The van der Waals surface area contributed by atoms with Crippen LogP contribution in [0, 0.1) is 6.92 Å². The van der Waals surface area contributed by atoms with Gasteiger partial charge in [-0.1, -0.05) is 0 Å². The van der Waals surface area contributed by atoms with Crippen LogP contribution >= 0.6 is 11.3 Å².